The largest absolute Gasteiger partial charge is 0.399 e. The molecular formula is C11H12BrNO. The van der Waals surface area contributed by atoms with Crippen LogP contribution in [-0.4, -0.2) is 5.78 Å². The van der Waals surface area contributed by atoms with E-state index in [0.29, 0.717) is 18.0 Å². The Kier molecular flexibility index (Phi) is 2.59. The number of benzene rings is 1. The highest BCUT2D eigenvalue weighted by Crippen LogP contribution is 2.34. The molecule has 0 amide bonds. The molecule has 1 saturated carbocycles. The van der Waals surface area contributed by atoms with Gasteiger partial charge in [0.2, 0.25) is 0 Å². The Hall–Kier alpha value is -0.830. The molecule has 0 aromatic heterocycles. The predicted octanol–water partition coefficient (Wildman–Crippen LogP) is 3.01. The quantitative estimate of drug-likeness (QED) is 0.665. The molecule has 0 heterocycles. The van der Waals surface area contributed by atoms with Crippen LogP contribution in [0.2, 0.25) is 0 Å². The first kappa shape index (κ1) is 9.71. The molecule has 74 valence electrons. The van der Waals surface area contributed by atoms with Crippen LogP contribution >= 0.6 is 15.9 Å². The minimum Gasteiger partial charge on any atom is -0.399 e. The molecular weight excluding hydrogens is 242 g/mol. The van der Waals surface area contributed by atoms with Crippen LogP contribution in [0.15, 0.2) is 22.7 Å². The van der Waals surface area contributed by atoms with E-state index in [4.69, 9.17) is 5.73 Å². The molecule has 1 fully saturated rings. The van der Waals surface area contributed by atoms with Gasteiger partial charge < -0.3 is 5.73 Å². The van der Waals surface area contributed by atoms with Crippen molar-refractivity contribution in [2.45, 2.75) is 19.3 Å². The summed E-state index contributed by atoms with van der Waals surface area (Å²) in [6.45, 7) is 0. The Balaban J connectivity index is 2.20. The molecule has 1 aromatic rings. The van der Waals surface area contributed by atoms with Gasteiger partial charge in [-0.15, -0.1) is 0 Å². The zero-order valence-corrected chi connectivity index (χ0v) is 9.38. The summed E-state index contributed by atoms with van der Waals surface area (Å²) in [5.41, 5.74) is 7.00. The maximum atomic E-state index is 11.8. The van der Waals surface area contributed by atoms with Gasteiger partial charge in [-0.3, -0.25) is 4.79 Å². The van der Waals surface area contributed by atoms with Gasteiger partial charge in [0, 0.05) is 22.1 Å². The lowest BCUT2D eigenvalue weighted by Gasteiger charge is -2.03. The lowest BCUT2D eigenvalue weighted by atomic mass is 10.1. The summed E-state index contributed by atoms with van der Waals surface area (Å²) in [6.07, 6.45) is 3.07. The molecule has 1 aliphatic carbocycles. The molecule has 1 aliphatic rings. The summed E-state index contributed by atoms with van der Waals surface area (Å²) in [7, 11) is 0. The van der Waals surface area contributed by atoms with Crippen LogP contribution in [0.4, 0.5) is 5.69 Å². The zero-order chi connectivity index (χ0) is 10.1. The van der Waals surface area contributed by atoms with Crippen LogP contribution < -0.4 is 5.73 Å². The van der Waals surface area contributed by atoms with Crippen LogP contribution in [0.1, 0.15) is 29.6 Å². The fourth-order valence-corrected chi connectivity index (χ4v) is 1.92. The Morgan fingerprint density at radius 2 is 2.21 bits per heavy atom. The van der Waals surface area contributed by atoms with Crippen molar-refractivity contribution in [3.8, 4) is 0 Å². The second-order valence-electron chi connectivity index (χ2n) is 3.81. The van der Waals surface area contributed by atoms with Crippen molar-refractivity contribution < 1.29 is 4.79 Å². The van der Waals surface area contributed by atoms with E-state index in [1.54, 1.807) is 12.1 Å². The lowest BCUT2D eigenvalue weighted by Crippen LogP contribution is -2.02. The van der Waals surface area contributed by atoms with Crippen molar-refractivity contribution in [3.63, 3.8) is 0 Å². The Bertz CT molecular complexity index is 372. The number of hydrogen-bond acceptors (Lipinski definition) is 2. The Morgan fingerprint density at radius 1 is 1.50 bits per heavy atom. The van der Waals surface area contributed by atoms with Crippen LogP contribution in [-0.2, 0) is 0 Å². The third-order valence-corrected chi connectivity index (χ3v) is 3.15. The average molecular weight is 254 g/mol. The van der Waals surface area contributed by atoms with Crippen molar-refractivity contribution >= 4 is 27.4 Å². The van der Waals surface area contributed by atoms with Crippen LogP contribution in [0.3, 0.4) is 0 Å². The first-order valence-electron chi connectivity index (χ1n) is 4.75. The molecule has 2 nitrogen and oxygen atoms in total. The third kappa shape index (κ3) is 2.15. The van der Waals surface area contributed by atoms with Crippen molar-refractivity contribution in [2.75, 3.05) is 5.73 Å². The molecule has 0 bridgehead atoms. The van der Waals surface area contributed by atoms with Gasteiger partial charge >= 0.3 is 0 Å². The number of hydrogen-bond donors (Lipinski definition) is 1. The fraction of sp³-hybridized carbons (Fsp3) is 0.364. The second kappa shape index (κ2) is 3.73. The molecule has 2 rings (SSSR count). The van der Waals surface area contributed by atoms with Gasteiger partial charge in [0.15, 0.2) is 5.78 Å². The van der Waals surface area contributed by atoms with E-state index in [1.165, 1.54) is 12.8 Å². The molecule has 1 aromatic carbocycles. The number of carbonyl (C=O) groups excluding carboxylic acids is 1. The number of halogens is 1. The van der Waals surface area contributed by atoms with E-state index in [1.807, 2.05) is 6.07 Å². The van der Waals surface area contributed by atoms with Crippen molar-refractivity contribution in [1.29, 1.82) is 0 Å². The molecule has 0 spiro atoms. The number of Topliss-reactive ketones (excluding diaryl/α,β-unsaturated/α-hetero) is 1. The van der Waals surface area contributed by atoms with Gasteiger partial charge in [0.25, 0.3) is 0 Å². The zero-order valence-electron chi connectivity index (χ0n) is 7.79. The Labute approximate surface area is 91.6 Å². The van der Waals surface area contributed by atoms with Crippen molar-refractivity contribution in [3.05, 3.63) is 28.2 Å². The normalized spacial score (nSPS) is 15.5. The summed E-state index contributed by atoms with van der Waals surface area (Å²) in [4.78, 5) is 11.8. The van der Waals surface area contributed by atoms with Crippen molar-refractivity contribution in [2.24, 2.45) is 5.92 Å². The summed E-state index contributed by atoms with van der Waals surface area (Å²) >= 11 is 3.36. The van der Waals surface area contributed by atoms with Crippen molar-refractivity contribution in [1.82, 2.24) is 0 Å². The average Bonchev–Trinajstić information content (AvgIpc) is 2.93. The van der Waals surface area contributed by atoms with E-state index in [-0.39, 0.29) is 5.78 Å². The number of nitrogens with two attached hydrogens (primary N) is 1. The number of ketones is 1. The van der Waals surface area contributed by atoms with Crippen LogP contribution in [0.25, 0.3) is 0 Å². The maximum Gasteiger partial charge on any atom is 0.164 e. The van der Waals surface area contributed by atoms with Gasteiger partial charge in [0.1, 0.15) is 0 Å². The van der Waals surface area contributed by atoms with Crippen LogP contribution in [0.5, 0.6) is 0 Å². The molecule has 14 heavy (non-hydrogen) atoms. The predicted molar refractivity (Wildman–Crippen MR) is 60.2 cm³/mol. The van der Waals surface area contributed by atoms with Gasteiger partial charge in [0.05, 0.1) is 0 Å². The Morgan fingerprint density at radius 3 is 2.86 bits per heavy atom. The summed E-state index contributed by atoms with van der Waals surface area (Å²) in [5, 5.41) is 0. The minimum atomic E-state index is 0.201. The number of nitrogen functional groups attached to an aromatic ring is 1. The number of rotatable bonds is 3. The summed E-state index contributed by atoms with van der Waals surface area (Å²) in [5.74, 6) is 0.822. The van der Waals surface area contributed by atoms with E-state index in [2.05, 4.69) is 15.9 Å². The minimum absolute atomic E-state index is 0.201. The molecule has 3 heteroatoms. The molecule has 0 saturated heterocycles. The molecule has 2 N–H and O–H groups in total. The van der Waals surface area contributed by atoms with E-state index < -0.39 is 0 Å². The maximum absolute atomic E-state index is 11.8. The first-order valence-corrected chi connectivity index (χ1v) is 5.54. The van der Waals surface area contributed by atoms with Gasteiger partial charge in [-0.2, -0.15) is 0 Å². The highest BCUT2D eigenvalue weighted by molar-refractivity contribution is 9.10. The number of anilines is 1. The standard InChI is InChI=1S/C11H12BrNO/c12-10-4-3-8(13)6-9(10)11(14)5-7-1-2-7/h3-4,6-7H,1-2,5,13H2. The van der Waals surface area contributed by atoms with Gasteiger partial charge in [-0.25, -0.2) is 0 Å². The van der Waals surface area contributed by atoms with Crippen LogP contribution in [0, 0.1) is 5.92 Å². The number of carbonyl (C=O) groups is 1. The summed E-state index contributed by atoms with van der Waals surface area (Å²) in [6, 6.07) is 5.36. The fourth-order valence-electron chi connectivity index (χ4n) is 1.45. The van der Waals surface area contributed by atoms with Gasteiger partial charge in [-0.05, 0) is 37.0 Å². The first-order chi connectivity index (χ1) is 6.66. The van der Waals surface area contributed by atoms with E-state index in [0.717, 1.165) is 10.0 Å². The monoisotopic (exact) mass is 253 g/mol. The highest BCUT2D eigenvalue weighted by atomic mass is 79.9. The summed E-state index contributed by atoms with van der Waals surface area (Å²) < 4.78 is 0.845. The highest BCUT2D eigenvalue weighted by Gasteiger charge is 2.25. The topological polar surface area (TPSA) is 43.1 Å². The lowest BCUT2D eigenvalue weighted by molar-refractivity contribution is 0.0975. The molecule has 0 atom stereocenters. The molecule has 0 aliphatic heterocycles. The molecule has 0 radical (unpaired) electrons. The third-order valence-electron chi connectivity index (χ3n) is 2.46. The smallest absolute Gasteiger partial charge is 0.164 e. The molecule has 0 unspecified atom stereocenters. The van der Waals surface area contributed by atoms with E-state index in [9.17, 15) is 4.79 Å². The van der Waals surface area contributed by atoms with E-state index >= 15 is 0 Å². The SMILES string of the molecule is Nc1ccc(Br)c(C(=O)CC2CC2)c1. The van der Waals surface area contributed by atoms with Gasteiger partial charge in [-0.1, -0.05) is 15.9 Å². The second-order valence-corrected chi connectivity index (χ2v) is 4.66.